The highest BCUT2D eigenvalue weighted by Crippen LogP contribution is 2.28. The molecule has 3 atom stereocenters. The fourth-order valence-corrected chi connectivity index (χ4v) is 6.77. The van der Waals surface area contributed by atoms with Gasteiger partial charge in [-0.3, -0.25) is 14.4 Å². The minimum atomic E-state index is -0.917. The van der Waals surface area contributed by atoms with Crippen molar-refractivity contribution in [1.82, 2.24) is 25.8 Å². The van der Waals surface area contributed by atoms with Crippen LogP contribution >= 0.6 is 11.3 Å². The van der Waals surface area contributed by atoms with E-state index in [-0.39, 0.29) is 25.4 Å². The highest BCUT2D eigenvalue weighted by Gasteiger charge is 2.44. The number of nitrogens with zero attached hydrogens (tertiary/aromatic N) is 2. The van der Waals surface area contributed by atoms with Gasteiger partial charge in [0.05, 0.1) is 28.8 Å². The number of likely N-dealkylation sites (tertiary alicyclic amines) is 1. The lowest BCUT2D eigenvalue weighted by atomic mass is 9.85. The van der Waals surface area contributed by atoms with Crippen LogP contribution in [0.1, 0.15) is 61.6 Å². The Bertz CT molecular complexity index is 1490. The third kappa shape index (κ3) is 8.31. The summed E-state index contributed by atoms with van der Waals surface area (Å²) in [6.07, 6.45) is 1.46. The van der Waals surface area contributed by atoms with E-state index in [1.54, 1.807) is 35.6 Å². The van der Waals surface area contributed by atoms with Crippen molar-refractivity contribution in [2.75, 3.05) is 26.2 Å². The Labute approximate surface area is 274 Å². The average Bonchev–Trinajstić information content (AvgIpc) is 3.66. The summed E-state index contributed by atoms with van der Waals surface area (Å²) in [5.74, 6) is 0.0820. The summed E-state index contributed by atoms with van der Waals surface area (Å²) in [7, 11) is 0. The number of hydrogen-bond donors (Lipinski definition) is 4. The lowest BCUT2D eigenvalue weighted by molar-refractivity contribution is -0.142. The molecule has 2 aromatic carbocycles. The molecular formula is C35H45N5O5S. The minimum Gasteiger partial charge on any atom is -0.493 e. The first-order chi connectivity index (χ1) is 22.0. The molecule has 0 spiro atoms. The normalized spacial score (nSPS) is 19.5. The first-order valence-electron chi connectivity index (χ1n) is 16.0. The molecular weight excluding hydrogens is 602 g/mol. The van der Waals surface area contributed by atoms with E-state index in [2.05, 4.69) is 20.9 Å². The van der Waals surface area contributed by atoms with E-state index in [4.69, 9.17) is 4.74 Å². The summed E-state index contributed by atoms with van der Waals surface area (Å²) in [5.41, 5.74) is 4.53. The van der Waals surface area contributed by atoms with Crippen LogP contribution in [0.5, 0.6) is 5.75 Å². The topological polar surface area (TPSA) is 133 Å². The van der Waals surface area contributed by atoms with Gasteiger partial charge in [0.1, 0.15) is 17.8 Å². The van der Waals surface area contributed by atoms with Crippen molar-refractivity contribution >= 4 is 29.1 Å². The second-order valence-electron chi connectivity index (χ2n) is 13.4. The van der Waals surface area contributed by atoms with Gasteiger partial charge in [0, 0.05) is 25.1 Å². The standard InChI is InChI=1S/C35H45N5O5S/c1-22-30(46-21-38-22)25-7-5-23(6-8-25)18-37-33(43)29-17-27(41)19-40(29)34(44)31(35(2,3)4)39-32(42)26-9-11-28(12-10-26)45-20-24-13-15-36-16-14-24/h5-12,21,24,27,29,31,36,41H,13-20H2,1-4H3,(H,37,43)(H,39,42)/t27-,29+,31-/m1/s1. The maximum atomic E-state index is 14.0. The lowest BCUT2D eigenvalue weighted by Crippen LogP contribution is -2.57. The molecule has 5 rings (SSSR count). The van der Waals surface area contributed by atoms with Crippen molar-refractivity contribution in [1.29, 1.82) is 0 Å². The van der Waals surface area contributed by atoms with Crippen molar-refractivity contribution in [3.8, 4) is 16.2 Å². The van der Waals surface area contributed by atoms with Gasteiger partial charge in [-0.05, 0) is 79.6 Å². The van der Waals surface area contributed by atoms with Crippen LogP contribution in [0.4, 0.5) is 0 Å². The van der Waals surface area contributed by atoms with E-state index in [0.717, 1.165) is 47.6 Å². The summed E-state index contributed by atoms with van der Waals surface area (Å²) in [4.78, 5) is 47.5. The molecule has 2 saturated heterocycles. The summed E-state index contributed by atoms with van der Waals surface area (Å²) < 4.78 is 5.95. The molecule has 4 N–H and O–H groups in total. The predicted molar refractivity (Wildman–Crippen MR) is 178 cm³/mol. The number of aryl methyl sites for hydroxylation is 1. The number of aliphatic hydroxyl groups excluding tert-OH is 1. The van der Waals surface area contributed by atoms with E-state index < -0.39 is 35.4 Å². The van der Waals surface area contributed by atoms with Crippen molar-refractivity contribution in [3.63, 3.8) is 0 Å². The van der Waals surface area contributed by atoms with Gasteiger partial charge >= 0.3 is 0 Å². The Hall–Kier alpha value is -3.80. The zero-order chi connectivity index (χ0) is 32.8. The molecule has 11 heteroatoms. The fourth-order valence-electron chi connectivity index (χ4n) is 5.96. The van der Waals surface area contributed by atoms with Crippen LogP contribution in [0, 0.1) is 18.3 Å². The minimum absolute atomic E-state index is 0.0192. The highest BCUT2D eigenvalue weighted by molar-refractivity contribution is 7.13. The summed E-state index contributed by atoms with van der Waals surface area (Å²) in [6, 6.07) is 13.1. The van der Waals surface area contributed by atoms with Crippen molar-refractivity contribution in [2.45, 2.75) is 71.7 Å². The number of carbonyl (C=O) groups excluding carboxylic acids is 3. The molecule has 3 aromatic rings. The number of thiazole rings is 1. The van der Waals surface area contributed by atoms with Gasteiger partial charge in [-0.1, -0.05) is 45.0 Å². The van der Waals surface area contributed by atoms with Gasteiger partial charge in [0.2, 0.25) is 11.8 Å². The number of piperidine rings is 1. The zero-order valence-electron chi connectivity index (χ0n) is 27.0. The second-order valence-corrected chi connectivity index (χ2v) is 14.2. The number of aromatic nitrogens is 1. The van der Waals surface area contributed by atoms with E-state index in [0.29, 0.717) is 23.8 Å². The monoisotopic (exact) mass is 647 g/mol. The van der Waals surface area contributed by atoms with Gasteiger partial charge in [0.15, 0.2) is 0 Å². The number of carbonyl (C=O) groups is 3. The van der Waals surface area contributed by atoms with Gasteiger partial charge in [-0.15, -0.1) is 11.3 Å². The van der Waals surface area contributed by atoms with Crippen LogP contribution in [0.15, 0.2) is 54.0 Å². The summed E-state index contributed by atoms with van der Waals surface area (Å²) >= 11 is 1.58. The van der Waals surface area contributed by atoms with Crippen LogP contribution in [0.25, 0.3) is 10.4 Å². The molecule has 0 radical (unpaired) electrons. The van der Waals surface area contributed by atoms with Gasteiger partial charge in [0.25, 0.3) is 5.91 Å². The molecule has 2 aliphatic heterocycles. The van der Waals surface area contributed by atoms with Gasteiger partial charge in [-0.2, -0.15) is 0 Å². The Balaban J connectivity index is 1.19. The number of β-amino-alcohol motifs (C(OH)–C–C–N with tert-alkyl or cyclic N) is 1. The first kappa shape index (κ1) is 33.6. The second kappa shape index (κ2) is 14.7. The summed E-state index contributed by atoms with van der Waals surface area (Å²) in [6.45, 7) is 10.5. The van der Waals surface area contributed by atoms with Crippen molar-refractivity contribution < 1.29 is 24.2 Å². The summed E-state index contributed by atoms with van der Waals surface area (Å²) in [5, 5.41) is 19.7. The Morgan fingerprint density at radius 1 is 1.09 bits per heavy atom. The number of aliphatic hydroxyl groups is 1. The van der Waals surface area contributed by atoms with Crippen molar-refractivity contribution in [2.24, 2.45) is 11.3 Å². The number of hydrogen-bond acceptors (Lipinski definition) is 8. The predicted octanol–water partition coefficient (Wildman–Crippen LogP) is 3.92. The van der Waals surface area contributed by atoms with Gasteiger partial charge in [-0.25, -0.2) is 4.98 Å². The number of ether oxygens (including phenoxy) is 1. The fraction of sp³-hybridized carbons (Fsp3) is 0.486. The van der Waals surface area contributed by atoms with Crippen LogP contribution < -0.4 is 20.7 Å². The zero-order valence-corrected chi connectivity index (χ0v) is 27.9. The molecule has 46 heavy (non-hydrogen) atoms. The molecule has 1 aromatic heterocycles. The quantitative estimate of drug-likeness (QED) is 0.262. The first-order valence-corrected chi connectivity index (χ1v) is 16.9. The van der Waals surface area contributed by atoms with Crippen molar-refractivity contribution in [3.05, 3.63) is 70.9 Å². The SMILES string of the molecule is Cc1ncsc1-c1ccc(CNC(=O)[C@@H]2C[C@@H](O)CN2C(=O)[C@@H](NC(=O)c2ccc(OCC3CCNCC3)cc2)C(C)(C)C)cc1. The highest BCUT2D eigenvalue weighted by atomic mass is 32.1. The van der Waals surface area contributed by atoms with E-state index in [9.17, 15) is 19.5 Å². The van der Waals surface area contributed by atoms with Crippen LogP contribution in [-0.2, 0) is 16.1 Å². The van der Waals surface area contributed by atoms with E-state index >= 15 is 0 Å². The number of rotatable bonds is 10. The molecule has 0 saturated carbocycles. The molecule has 3 amide bonds. The number of nitrogens with one attached hydrogen (secondary N) is 3. The molecule has 2 fully saturated rings. The van der Waals surface area contributed by atoms with Crippen LogP contribution in [-0.4, -0.2) is 77.1 Å². The smallest absolute Gasteiger partial charge is 0.251 e. The average molecular weight is 648 g/mol. The maximum Gasteiger partial charge on any atom is 0.251 e. The third-order valence-electron chi connectivity index (χ3n) is 8.74. The number of benzene rings is 2. The Morgan fingerprint density at radius 3 is 2.41 bits per heavy atom. The Kier molecular flexibility index (Phi) is 10.8. The molecule has 10 nitrogen and oxygen atoms in total. The maximum absolute atomic E-state index is 14.0. The van der Waals surface area contributed by atoms with Gasteiger partial charge < -0.3 is 30.7 Å². The van der Waals surface area contributed by atoms with E-state index in [1.807, 2.05) is 57.5 Å². The van der Waals surface area contributed by atoms with Crippen LogP contribution in [0.2, 0.25) is 0 Å². The van der Waals surface area contributed by atoms with E-state index in [1.165, 1.54) is 4.90 Å². The molecule has 2 aliphatic rings. The number of amides is 3. The lowest BCUT2D eigenvalue weighted by Gasteiger charge is -2.35. The third-order valence-corrected chi connectivity index (χ3v) is 9.72. The molecule has 246 valence electrons. The Morgan fingerprint density at radius 2 is 1.78 bits per heavy atom. The largest absolute Gasteiger partial charge is 0.493 e. The molecule has 0 unspecified atom stereocenters. The molecule has 3 heterocycles. The molecule has 0 bridgehead atoms. The van der Waals surface area contributed by atoms with Crippen LogP contribution in [0.3, 0.4) is 0 Å². The molecule has 0 aliphatic carbocycles.